The fraction of sp³-hybridized carbons (Fsp3) is 0.500. The molecule has 1 aromatic carbocycles. The van der Waals surface area contributed by atoms with Crippen LogP contribution >= 0.6 is 0 Å². The van der Waals surface area contributed by atoms with Crippen LogP contribution in [0.5, 0.6) is 5.88 Å². The van der Waals surface area contributed by atoms with Crippen molar-refractivity contribution >= 4 is 5.96 Å². The first-order valence-electron chi connectivity index (χ1n) is 11.3. The Balaban J connectivity index is 1.39. The van der Waals surface area contributed by atoms with E-state index in [1.54, 1.807) is 6.20 Å². The summed E-state index contributed by atoms with van der Waals surface area (Å²) in [6.07, 6.45) is 2.94. The molecule has 1 atom stereocenters. The number of guanidine groups is 1. The molecule has 1 N–H and O–H groups in total. The molecule has 0 aliphatic carbocycles. The number of ether oxygens (including phenoxy) is 2. The molecular weight excluding hydrogens is 390 g/mol. The van der Waals surface area contributed by atoms with E-state index in [0.29, 0.717) is 25.1 Å². The third-order valence-corrected chi connectivity index (χ3v) is 5.83. The molecule has 7 heteroatoms. The summed E-state index contributed by atoms with van der Waals surface area (Å²) >= 11 is 0. The minimum atomic E-state index is 0.502. The van der Waals surface area contributed by atoms with E-state index in [9.17, 15) is 0 Å². The molecule has 166 valence electrons. The highest BCUT2D eigenvalue weighted by Gasteiger charge is 2.30. The van der Waals surface area contributed by atoms with E-state index in [2.05, 4.69) is 39.2 Å². The number of nitrogens with zero attached hydrogens (tertiary/aromatic N) is 4. The summed E-state index contributed by atoms with van der Waals surface area (Å²) in [5.74, 6) is 1.62. The molecule has 0 amide bonds. The maximum absolute atomic E-state index is 6.00. The Morgan fingerprint density at radius 2 is 2.00 bits per heavy atom. The van der Waals surface area contributed by atoms with Gasteiger partial charge in [0.05, 0.1) is 19.8 Å². The number of morpholine rings is 1. The second-order valence-electron chi connectivity index (χ2n) is 7.95. The van der Waals surface area contributed by atoms with Crippen molar-refractivity contribution in [1.82, 2.24) is 20.1 Å². The Morgan fingerprint density at radius 3 is 2.81 bits per heavy atom. The largest absolute Gasteiger partial charge is 0.473 e. The van der Waals surface area contributed by atoms with Crippen LogP contribution in [0.1, 0.15) is 24.5 Å². The van der Waals surface area contributed by atoms with Crippen LogP contribution in [0.3, 0.4) is 0 Å². The maximum atomic E-state index is 6.00. The van der Waals surface area contributed by atoms with Gasteiger partial charge in [0.1, 0.15) is 6.61 Å². The lowest BCUT2D eigenvalue weighted by Gasteiger charge is -2.32. The van der Waals surface area contributed by atoms with Crippen LogP contribution in [-0.2, 0) is 17.9 Å². The number of benzene rings is 1. The number of hydrogen-bond donors (Lipinski definition) is 1. The number of aromatic nitrogens is 1. The normalized spacial score (nSPS) is 20.1. The minimum absolute atomic E-state index is 0.502. The fourth-order valence-electron chi connectivity index (χ4n) is 4.16. The summed E-state index contributed by atoms with van der Waals surface area (Å²) in [4.78, 5) is 14.3. The van der Waals surface area contributed by atoms with Crippen LogP contribution < -0.4 is 10.1 Å². The Labute approximate surface area is 185 Å². The van der Waals surface area contributed by atoms with Gasteiger partial charge >= 0.3 is 0 Å². The van der Waals surface area contributed by atoms with E-state index in [1.165, 1.54) is 6.42 Å². The molecule has 0 saturated carbocycles. The van der Waals surface area contributed by atoms with E-state index < -0.39 is 0 Å². The first-order valence-corrected chi connectivity index (χ1v) is 11.3. The van der Waals surface area contributed by atoms with Crippen molar-refractivity contribution in [2.75, 3.05) is 45.9 Å². The lowest BCUT2D eigenvalue weighted by Crippen LogP contribution is -2.46. The van der Waals surface area contributed by atoms with Gasteiger partial charge in [0, 0.05) is 50.5 Å². The van der Waals surface area contributed by atoms with Gasteiger partial charge in [-0.2, -0.15) is 0 Å². The van der Waals surface area contributed by atoms with E-state index in [1.807, 2.05) is 30.3 Å². The van der Waals surface area contributed by atoms with Crippen LogP contribution in [-0.4, -0.2) is 72.7 Å². The van der Waals surface area contributed by atoms with Crippen LogP contribution in [0.25, 0.3) is 0 Å². The highest BCUT2D eigenvalue weighted by atomic mass is 16.5. The molecule has 2 saturated heterocycles. The molecule has 2 aliphatic heterocycles. The average molecular weight is 424 g/mol. The van der Waals surface area contributed by atoms with Gasteiger partial charge in [-0.1, -0.05) is 36.4 Å². The zero-order chi connectivity index (χ0) is 21.3. The minimum Gasteiger partial charge on any atom is -0.473 e. The summed E-state index contributed by atoms with van der Waals surface area (Å²) in [6, 6.07) is 14.7. The molecule has 0 spiro atoms. The molecule has 2 aromatic rings. The highest BCUT2D eigenvalue weighted by molar-refractivity contribution is 5.80. The summed E-state index contributed by atoms with van der Waals surface area (Å²) in [7, 11) is 0. The van der Waals surface area contributed by atoms with Crippen molar-refractivity contribution in [2.24, 2.45) is 4.99 Å². The van der Waals surface area contributed by atoms with Crippen LogP contribution in [0.4, 0.5) is 0 Å². The van der Waals surface area contributed by atoms with E-state index in [0.717, 1.165) is 63.0 Å². The molecule has 7 nitrogen and oxygen atoms in total. The molecule has 0 bridgehead atoms. The molecule has 3 heterocycles. The number of pyridine rings is 1. The van der Waals surface area contributed by atoms with Crippen molar-refractivity contribution < 1.29 is 9.47 Å². The third kappa shape index (κ3) is 5.95. The SMILES string of the molecule is CCNC(=NCc1cccnc1OCc1ccccc1)N1CCC(N2CCOCC2)C1. The van der Waals surface area contributed by atoms with Crippen molar-refractivity contribution in [3.63, 3.8) is 0 Å². The predicted octanol–water partition coefficient (Wildman–Crippen LogP) is 2.53. The highest BCUT2D eigenvalue weighted by Crippen LogP contribution is 2.19. The van der Waals surface area contributed by atoms with Gasteiger partial charge in [0.25, 0.3) is 0 Å². The number of aliphatic imine (C=N–C) groups is 1. The summed E-state index contributed by atoms with van der Waals surface area (Å²) in [6.45, 7) is 9.80. The molecule has 1 aromatic heterocycles. The second kappa shape index (κ2) is 11.1. The number of rotatable bonds is 7. The van der Waals surface area contributed by atoms with Gasteiger partial charge in [0.2, 0.25) is 5.88 Å². The lowest BCUT2D eigenvalue weighted by molar-refractivity contribution is 0.0195. The van der Waals surface area contributed by atoms with Gasteiger partial charge < -0.3 is 19.7 Å². The van der Waals surface area contributed by atoms with E-state index in [4.69, 9.17) is 14.5 Å². The maximum Gasteiger partial charge on any atom is 0.218 e. The predicted molar refractivity (Wildman–Crippen MR) is 122 cm³/mol. The Morgan fingerprint density at radius 1 is 1.16 bits per heavy atom. The molecule has 2 fully saturated rings. The molecule has 1 unspecified atom stereocenters. The molecule has 2 aliphatic rings. The van der Waals surface area contributed by atoms with Gasteiger partial charge in [-0.15, -0.1) is 0 Å². The quantitative estimate of drug-likeness (QED) is 0.546. The zero-order valence-corrected chi connectivity index (χ0v) is 18.4. The van der Waals surface area contributed by atoms with Crippen molar-refractivity contribution in [2.45, 2.75) is 32.5 Å². The first kappa shape index (κ1) is 21.6. The Hall–Kier alpha value is -2.64. The molecule has 4 rings (SSSR count). The fourth-order valence-corrected chi connectivity index (χ4v) is 4.16. The third-order valence-electron chi connectivity index (χ3n) is 5.83. The van der Waals surface area contributed by atoms with Crippen LogP contribution in [0.15, 0.2) is 53.7 Å². The summed E-state index contributed by atoms with van der Waals surface area (Å²) < 4.78 is 11.5. The molecule has 0 radical (unpaired) electrons. The van der Waals surface area contributed by atoms with Crippen LogP contribution in [0, 0.1) is 0 Å². The van der Waals surface area contributed by atoms with Crippen molar-refractivity contribution in [3.05, 3.63) is 59.8 Å². The standard InChI is InChI=1S/C24H33N5O2/c1-2-25-24(29-12-10-22(18-29)28-13-15-30-16-14-28)27-17-21-9-6-11-26-23(21)31-19-20-7-4-3-5-8-20/h3-9,11,22H,2,10,12-19H2,1H3,(H,25,27). The van der Waals surface area contributed by atoms with Crippen molar-refractivity contribution in [3.8, 4) is 5.88 Å². The van der Waals surface area contributed by atoms with Gasteiger partial charge in [0.15, 0.2) is 5.96 Å². The van der Waals surface area contributed by atoms with Gasteiger partial charge in [-0.05, 0) is 25.0 Å². The Kier molecular flexibility index (Phi) is 7.74. The van der Waals surface area contributed by atoms with Crippen molar-refractivity contribution in [1.29, 1.82) is 0 Å². The number of likely N-dealkylation sites (tertiary alicyclic amines) is 1. The first-order chi connectivity index (χ1) is 15.3. The lowest BCUT2D eigenvalue weighted by atomic mass is 10.2. The summed E-state index contributed by atoms with van der Waals surface area (Å²) in [5.41, 5.74) is 2.12. The van der Waals surface area contributed by atoms with Gasteiger partial charge in [-0.3, -0.25) is 4.90 Å². The van der Waals surface area contributed by atoms with Gasteiger partial charge in [-0.25, -0.2) is 9.98 Å². The number of nitrogens with one attached hydrogen (secondary N) is 1. The summed E-state index contributed by atoms with van der Waals surface area (Å²) in [5, 5.41) is 3.47. The Bertz CT molecular complexity index is 839. The number of hydrogen-bond acceptors (Lipinski definition) is 5. The van der Waals surface area contributed by atoms with E-state index in [-0.39, 0.29) is 0 Å². The topological polar surface area (TPSA) is 62.2 Å². The zero-order valence-electron chi connectivity index (χ0n) is 18.4. The average Bonchev–Trinajstić information content (AvgIpc) is 3.32. The smallest absolute Gasteiger partial charge is 0.218 e. The molecular formula is C24H33N5O2. The second-order valence-corrected chi connectivity index (χ2v) is 7.95. The van der Waals surface area contributed by atoms with E-state index >= 15 is 0 Å². The monoisotopic (exact) mass is 423 g/mol. The van der Waals surface area contributed by atoms with Crippen LogP contribution in [0.2, 0.25) is 0 Å². The molecule has 31 heavy (non-hydrogen) atoms.